The van der Waals surface area contributed by atoms with E-state index in [9.17, 15) is 0 Å². The Labute approximate surface area is 91.4 Å². The molecule has 0 spiro atoms. The van der Waals surface area contributed by atoms with Crippen LogP contribution in [-0.2, 0) is 11.2 Å². The van der Waals surface area contributed by atoms with Gasteiger partial charge in [0.2, 0.25) is 0 Å². The van der Waals surface area contributed by atoms with E-state index in [0.717, 1.165) is 18.9 Å². The summed E-state index contributed by atoms with van der Waals surface area (Å²) in [5.74, 6) is 0.731. The van der Waals surface area contributed by atoms with Gasteiger partial charge in [-0.05, 0) is 36.3 Å². The molecular weight excluding hydrogens is 186 g/mol. The number of hydrogen-bond donors (Lipinski definition) is 1. The van der Waals surface area contributed by atoms with Gasteiger partial charge in [-0.2, -0.15) is 0 Å². The molecule has 0 heterocycles. The summed E-state index contributed by atoms with van der Waals surface area (Å²) < 4.78 is 5.05. The molecule has 1 atom stereocenters. The third-order valence-corrected chi connectivity index (χ3v) is 3.09. The average Bonchev–Trinajstić information content (AvgIpc) is 3.10. The van der Waals surface area contributed by atoms with E-state index >= 15 is 0 Å². The lowest BCUT2D eigenvalue weighted by Gasteiger charge is -2.11. The quantitative estimate of drug-likeness (QED) is 0.800. The van der Waals surface area contributed by atoms with Crippen LogP contribution in [0.5, 0.6) is 0 Å². The summed E-state index contributed by atoms with van der Waals surface area (Å²) in [4.78, 5) is 0. The van der Waals surface area contributed by atoms with Crippen LogP contribution in [0.3, 0.4) is 0 Å². The van der Waals surface area contributed by atoms with Crippen LogP contribution in [0.25, 0.3) is 0 Å². The first-order valence-corrected chi connectivity index (χ1v) is 5.64. The second-order valence-electron chi connectivity index (χ2n) is 4.35. The third kappa shape index (κ3) is 2.80. The van der Waals surface area contributed by atoms with Crippen molar-refractivity contribution in [3.63, 3.8) is 0 Å². The van der Waals surface area contributed by atoms with Crippen molar-refractivity contribution in [2.24, 2.45) is 11.7 Å². The van der Waals surface area contributed by atoms with Crippen molar-refractivity contribution in [1.82, 2.24) is 0 Å². The molecule has 1 fully saturated rings. The predicted molar refractivity (Wildman–Crippen MR) is 61.7 cm³/mol. The van der Waals surface area contributed by atoms with Gasteiger partial charge in [0.15, 0.2) is 0 Å². The SMILES string of the molecule is COCCc1ccc(C(N)C2CC2)cc1. The van der Waals surface area contributed by atoms with Crippen LogP contribution in [0.2, 0.25) is 0 Å². The Morgan fingerprint density at radius 1 is 1.33 bits per heavy atom. The normalized spacial score (nSPS) is 17.7. The highest BCUT2D eigenvalue weighted by molar-refractivity contribution is 5.26. The van der Waals surface area contributed by atoms with Crippen LogP contribution in [0.15, 0.2) is 24.3 Å². The van der Waals surface area contributed by atoms with Crippen molar-refractivity contribution in [2.45, 2.75) is 25.3 Å². The van der Waals surface area contributed by atoms with Gasteiger partial charge in [-0.1, -0.05) is 24.3 Å². The van der Waals surface area contributed by atoms with Gasteiger partial charge < -0.3 is 10.5 Å². The second kappa shape index (κ2) is 4.77. The molecule has 0 aromatic heterocycles. The van der Waals surface area contributed by atoms with Crippen molar-refractivity contribution in [2.75, 3.05) is 13.7 Å². The van der Waals surface area contributed by atoms with Crippen LogP contribution >= 0.6 is 0 Å². The van der Waals surface area contributed by atoms with Crippen molar-refractivity contribution in [1.29, 1.82) is 0 Å². The molecule has 1 unspecified atom stereocenters. The fraction of sp³-hybridized carbons (Fsp3) is 0.538. The predicted octanol–water partition coefficient (Wildman–Crippen LogP) is 2.29. The summed E-state index contributed by atoms with van der Waals surface area (Å²) in [5, 5.41) is 0. The Bertz CT molecular complexity index is 303. The maximum absolute atomic E-state index is 6.13. The molecule has 0 aliphatic heterocycles. The van der Waals surface area contributed by atoms with Crippen LogP contribution in [0.1, 0.15) is 30.0 Å². The fourth-order valence-electron chi connectivity index (χ4n) is 1.85. The average molecular weight is 205 g/mol. The van der Waals surface area contributed by atoms with Crippen LogP contribution in [0, 0.1) is 5.92 Å². The number of hydrogen-bond acceptors (Lipinski definition) is 2. The van der Waals surface area contributed by atoms with Gasteiger partial charge in [-0.15, -0.1) is 0 Å². The first-order valence-electron chi connectivity index (χ1n) is 5.64. The standard InChI is InChI=1S/C13H19NO/c1-15-9-8-10-2-4-11(5-3-10)13(14)12-6-7-12/h2-5,12-13H,6-9,14H2,1H3. The van der Waals surface area contributed by atoms with Crippen LogP contribution < -0.4 is 5.73 Å². The summed E-state index contributed by atoms with van der Waals surface area (Å²) in [6.45, 7) is 0.786. The lowest BCUT2D eigenvalue weighted by molar-refractivity contribution is 0.202. The molecule has 0 bridgehead atoms. The lowest BCUT2D eigenvalue weighted by atomic mass is 10.0. The molecule has 2 N–H and O–H groups in total. The first-order chi connectivity index (χ1) is 7.31. The topological polar surface area (TPSA) is 35.2 Å². The van der Waals surface area contributed by atoms with E-state index in [1.807, 2.05) is 0 Å². The molecule has 1 aliphatic carbocycles. The summed E-state index contributed by atoms with van der Waals surface area (Å²) in [5.41, 5.74) is 8.73. The highest BCUT2D eigenvalue weighted by atomic mass is 16.5. The first kappa shape index (κ1) is 10.7. The zero-order valence-corrected chi connectivity index (χ0v) is 9.28. The van der Waals surface area contributed by atoms with Crippen LogP contribution in [-0.4, -0.2) is 13.7 Å². The smallest absolute Gasteiger partial charge is 0.0502 e. The molecule has 0 amide bonds. The fourth-order valence-corrected chi connectivity index (χ4v) is 1.85. The zero-order chi connectivity index (χ0) is 10.7. The highest BCUT2D eigenvalue weighted by Crippen LogP contribution is 2.39. The number of rotatable bonds is 5. The molecule has 1 saturated carbocycles. The van der Waals surface area contributed by atoms with Crippen molar-refractivity contribution in [3.05, 3.63) is 35.4 Å². The monoisotopic (exact) mass is 205 g/mol. The molecule has 2 heteroatoms. The Morgan fingerprint density at radius 2 is 2.00 bits per heavy atom. The molecule has 2 nitrogen and oxygen atoms in total. The molecule has 15 heavy (non-hydrogen) atoms. The second-order valence-corrected chi connectivity index (χ2v) is 4.35. The van der Waals surface area contributed by atoms with Gasteiger partial charge in [-0.3, -0.25) is 0 Å². The largest absolute Gasteiger partial charge is 0.384 e. The number of nitrogens with two attached hydrogens (primary N) is 1. The van der Waals surface area contributed by atoms with Gasteiger partial charge >= 0.3 is 0 Å². The molecule has 1 aromatic carbocycles. The van der Waals surface area contributed by atoms with E-state index in [2.05, 4.69) is 24.3 Å². The van der Waals surface area contributed by atoms with E-state index in [4.69, 9.17) is 10.5 Å². The Morgan fingerprint density at radius 3 is 2.53 bits per heavy atom. The number of methoxy groups -OCH3 is 1. The number of ether oxygens (including phenoxy) is 1. The number of benzene rings is 1. The van der Waals surface area contributed by atoms with E-state index in [1.165, 1.54) is 24.0 Å². The minimum Gasteiger partial charge on any atom is -0.384 e. The third-order valence-electron chi connectivity index (χ3n) is 3.09. The van der Waals surface area contributed by atoms with Gasteiger partial charge in [0.1, 0.15) is 0 Å². The van der Waals surface area contributed by atoms with Crippen molar-refractivity contribution < 1.29 is 4.74 Å². The molecule has 82 valence electrons. The maximum atomic E-state index is 6.13. The summed E-state index contributed by atoms with van der Waals surface area (Å²) in [6, 6.07) is 8.90. The Hall–Kier alpha value is -0.860. The summed E-state index contributed by atoms with van der Waals surface area (Å²) in [7, 11) is 1.73. The van der Waals surface area contributed by atoms with E-state index in [1.54, 1.807) is 7.11 Å². The van der Waals surface area contributed by atoms with E-state index < -0.39 is 0 Å². The van der Waals surface area contributed by atoms with Crippen molar-refractivity contribution >= 4 is 0 Å². The van der Waals surface area contributed by atoms with E-state index in [0.29, 0.717) is 0 Å². The van der Waals surface area contributed by atoms with Gasteiger partial charge in [0.25, 0.3) is 0 Å². The molecule has 2 rings (SSSR count). The summed E-state index contributed by atoms with van der Waals surface area (Å²) in [6.07, 6.45) is 3.58. The molecule has 1 aromatic rings. The van der Waals surface area contributed by atoms with E-state index in [-0.39, 0.29) is 6.04 Å². The maximum Gasteiger partial charge on any atom is 0.0502 e. The lowest BCUT2D eigenvalue weighted by Crippen LogP contribution is -2.12. The van der Waals surface area contributed by atoms with Gasteiger partial charge in [0, 0.05) is 13.2 Å². The minimum atomic E-state index is 0.251. The summed E-state index contributed by atoms with van der Waals surface area (Å²) >= 11 is 0. The Balaban J connectivity index is 1.96. The van der Waals surface area contributed by atoms with Gasteiger partial charge in [-0.25, -0.2) is 0 Å². The minimum absolute atomic E-state index is 0.251. The molecular formula is C13H19NO. The molecule has 0 radical (unpaired) electrons. The van der Waals surface area contributed by atoms with Crippen molar-refractivity contribution in [3.8, 4) is 0 Å². The Kier molecular flexibility index (Phi) is 3.39. The van der Waals surface area contributed by atoms with Gasteiger partial charge in [0.05, 0.1) is 6.61 Å². The molecule has 1 aliphatic rings. The highest BCUT2D eigenvalue weighted by Gasteiger charge is 2.29. The molecule has 0 saturated heterocycles. The zero-order valence-electron chi connectivity index (χ0n) is 9.28. The van der Waals surface area contributed by atoms with Crippen LogP contribution in [0.4, 0.5) is 0 Å².